The lowest BCUT2D eigenvalue weighted by atomic mass is 10.4. The predicted molar refractivity (Wildman–Crippen MR) is 30.9 cm³/mol. The van der Waals surface area contributed by atoms with Crippen LogP contribution in [0.1, 0.15) is 6.92 Å². The largest absolute Gasteiger partial charge is 0.326 e. The van der Waals surface area contributed by atoms with Crippen LogP contribution in [0, 0.1) is 5.53 Å². The van der Waals surface area contributed by atoms with Crippen molar-refractivity contribution >= 4 is 12.4 Å². The first-order valence-electron chi connectivity index (χ1n) is 1.86. The molecule has 0 fully saturated rings. The zero-order chi connectivity index (χ0) is 4.99. The summed E-state index contributed by atoms with van der Waals surface area (Å²) in [5.41, 5.74) is 11.5. The molecule has 0 spiro atoms. The molecule has 0 aromatic carbocycles. The van der Waals surface area contributed by atoms with Gasteiger partial charge in [-0.2, -0.15) is 5.11 Å². The van der Waals surface area contributed by atoms with Crippen molar-refractivity contribution in [2.24, 2.45) is 10.8 Å². The Morgan fingerprint density at radius 1 is 1.86 bits per heavy atom. The van der Waals surface area contributed by atoms with Gasteiger partial charge in [0.1, 0.15) is 0 Å². The van der Waals surface area contributed by atoms with Crippen LogP contribution >= 0.6 is 12.4 Å². The fraction of sp³-hybridized carbons (Fsp3) is 1.00. The zero-order valence-electron chi connectivity index (χ0n) is 4.22. The number of rotatable bonds is 2. The highest BCUT2D eigenvalue weighted by Crippen LogP contribution is 1.71. The van der Waals surface area contributed by atoms with Crippen molar-refractivity contribution in [1.29, 1.82) is 5.53 Å². The monoisotopic (exact) mass is 123 g/mol. The van der Waals surface area contributed by atoms with Crippen LogP contribution in [-0.2, 0) is 0 Å². The van der Waals surface area contributed by atoms with Gasteiger partial charge in [-0.3, -0.25) is 0 Å². The summed E-state index contributed by atoms with van der Waals surface area (Å²) in [6.45, 7) is 2.26. The third-order valence-corrected chi connectivity index (χ3v) is 0.379. The Balaban J connectivity index is 0. The molecule has 0 aromatic heterocycles. The molecule has 1 atom stereocenters. The molecule has 4 heteroatoms. The molecule has 7 heavy (non-hydrogen) atoms. The lowest BCUT2D eigenvalue weighted by Crippen LogP contribution is -2.17. The molecule has 0 amide bonds. The van der Waals surface area contributed by atoms with Crippen molar-refractivity contribution in [3.05, 3.63) is 0 Å². The van der Waals surface area contributed by atoms with Gasteiger partial charge in [0.05, 0.1) is 6.54 Å². The molecule has 0 bridgehead atoms. The first-order valence-corrected chi connectivity index (χ1v) is 1.86. The van der Waals surface area contributed by atoms with E-state index in [0.717, 1.165) is 0 Å². The van der Waals surface area contributed by atoms with Gasteiger partial charge in [0, 0.05) is 6.04 Å². The first kappa shape index (κ1) is 9.97. The van der Waals surface area contributed by atoms with E-state index in [9.17, 15) is 0 Å². The molecule has 0 radical (unpaired) electrons. The van der Waals surface area contributed by atoms with Crippen LogP contribution in [0.3, 0.4) is 0 Å². The van der Waals surface area contributed by atoms with Crippen LogP contribution in [0.4, 0.5) is 0 Å². The Morgan fingerprint density at radius 3 is 2.29 bits per heavy atom. The summed E-state index contributed by atoms with van der Waals surface area (Å²) >= 11 is 0. The van der Waals surface area contributed by atoms with Crippen LogP contribution in [0.25, 0.3) is 0 Å². The van der Waals surface area contributed by atoms with Crippen molar-refractivity contribution in [3.8, 4) is 0 Å². The summed E-state index contributed by atoms with van der Waals surface area (Å²) < 4.78 is 0. The molecule has 0 aliphatic heterocycles. The van der Waals surface area contributed by atoms with Crippen LogP contribution in [0.15, 0.2) is 5.11 Å². The van der Waals surface area contributed by atoms with E-state index >= 15 is 0 Å². The Morgan fingerprint density at radius 2 is 2.29 bits per heavy atom. The van der Waals surface area contributed by atoms with E-state index in [0.29, 0.717) is 6.54 Å². The minimum Gasteiger partial charge on any atom is -0.326 e. The Hall–Kier alpha value is -0.150. The molecule has 0 aromatic rings. The molecule has 0 saturated heterocycles. The van der Waals surface area contributed by atoms with Gasteiger partial charge < -0.3 is 5.73 Å². The highest BCUT2D eigenvalue weighted by atomic mass is 35.5. The summed E-state index contributed by atoms with van der Waals surface area (Å²) in [5.74, 6) is 0. The third-order valence-electron chi connectivity index (χ3n) is 0.379. The van der Waals surface area contributed by atoms with E-state index in [1.807, 2.05) is 6.92 Å². The molecule has 44 valence electrons. The molecule has 0 saturated carbocycles. The van der Waals surface area contributed by atoms with Crippen LogP contribution in [0.2, 0.25) is 0 Å². The molecule has 1 unspecified atom stereocenters. The lowest BCUT2D eigenvalue weighted by Gasteiger charge is -1.92. The predicted octanol–water partition coefficient (Wildman–Crippen LogP) is 0.786. The number of nitrogens with two attached hydrogens (primary N) is 1. The second-order valence-corrected chi connectivity index (χ2v) is 1.32. The molecular formula is C3H10ClN3. The molecule has 0 rings (SSSR count). The summed E-state index contributed by atoms with van der Waals surface area (Å²) in [5, 5.41) is 3.06. The summed E-state index contributed by atoms with van der Waals surface area (Å²) in [7, 11) is 0. The topological polar surface area (TPSA) is 62.2 Å². The van der Waals surface area contributed by atoms with Crippen molar-refractivity contribution in [2.75, 3.05) is 6.54 Å². The van der Waals surface area contributed by atoms with Crippen molar-refractivity contribution < 1.29 is 0 Å². The SMILES string of the molecule is CC(N)CN=N.Cl. The van der Waals surface area contributed by atoms with E-state index < -0.39 is 0 Å². The van der Waals surface area contributed by atoms with Gasteiger partial charge in [0.15, 0.2) is 0 Å². The smallest absolute Gasteiger partial charge is 0.0744 e. The van der Waals surface area contributed by atoms with E-state index in [4.69, 9.17) is 11.3 Å². The van der Waals surface area contributed by atoms with Gasteiger partial charge in [-0.25, -0.2) is 5.53 Å². The minimum absolute atomic E-state index is 0. The van der Waals surface area contributed by atoms with Gasteiger partial charge >= 0.3 is 0 Å². The molecular weight excluding hydrogens is 114 g/mol. The van der Waals surface area contributed by atoms with E-state index in [-0.39, 0.29) is 18.4 Å². The maximum absolute atomic E-state index is 6.28. The van der Waals surface area contributed by atoms with Gasteiger partial charge in [-0.15, -0.1) is 12.4 Å². The number of nitrogens with one attached hydrogen (secondary N) is 1. The third kappa shape index (κ3) is 10.7. The minimum atomic E-state index is 0. The summed E-state index contributed by atoms with van der Waals surface area (Å²) in [6.07, 6.45) is 0. The molecule has 0 heterocycles. The van der Waals surface area contributed by atoms with Gasteiger partial charge in [0.25, 0.3) is 0 Å². The second kappa shape index (κ2) is 5.85. The van der Waals surface area contributed by atoms with Crippen molar-refractivity contribution in [1.82, 2.24) is 0 Å². The maximum Gasteiger partial charge on any atom is 0.0744 e. The first-order chi connectivity index (χ1) is 2.77. The fourth-order valence-electron chi connectivity index (χ4n) is 0.144. The summed E-state index contributed by atoms with van der Waals surface area (Å²) in [4.78, 5) is 0. The molecule has 0 aliphatic rings. The molecule has 0 aliphatic carbocycles. The average Bonchev–Trinajstić information content (AvgIpc) is 1.35. The molecule has 3 nitrogen and oxygen atoms in total. The molecule has 3 N–H and O–H groups in total. The Labute approximate surface area is 49.2 Å². The van der Waals surface area contributed by atoms with Crippen molar-refractivity contribution in [3.63, 3.8) is 0 Å². The van der Waals surface area contributed by atoms with Gasteiger partial charge in [-0.05, 0) is 6.92 Å². The Bertz CT molecular complexity index is 45.4. The van der Waals surface area contributed by atoms with Crippen LogP contribution in [-0.4, -0.2) is 12.6 Å². The van der Waals surface area contributed by atoms with E-state index in [1.54, 1.807) is 0 Å². The number of hydrogen-bond acceptors (Lipinski definition) is 3. The average molecular weight is 124 g/mol. The number of nitrogens with zero attached hydrogens (tertiary/aromatic N) is 1. The second-order valence-electron chi connectivity index (χ2n) is 1.32. The highest BCUT2D eigenvalue weighted by Gasteiger charge is 1.84. The van der Waals surface area contributed by atoms with Crippen LogP contribution < -0.4 is 5.73 Å². The Kier molecular flexibility index (Phi) is 8.33. The lowest BCUT2D eigenvalue weighted by molar-refractivity contribution is 0.715. The zero-order valence-corrected chi connectivity index (χ0v) is 5.03. The standard InChI is InChI=1S/C3H9N3.ClH/c1-3(4)2-6-5;/h3,5H,2,4H2,1H3;1H. The van der Waals surface area contributed by atoms with E-state index in [2.05, 4.69) is 5.11 Å². The van der Waals surface area contributed by atoms with E-state index in [1.165, 1.54) is 0 Å². The van der Waals surface area contributed by atoms with Crippen molar-refractivity contribution in [2.45, 2.75) is 13.0 Å². The summed E-state index contributed by atoms with van der Waals surface area (Å²) in [6, 6.07) is 0.0440. The van der Waals surface area contributed by atoms with Gasteiger partial charge in [0.2, 0.25) is 0 Å². The van der Waals surface area contributed by atoms with Gasteiger partial charge in [-0.1, -0.05) is 0 Å². The van der Waals surface area contributed by atoms with Crippen LogP contribution in [0.5, 0.6) is 0 Å². The maximum atomic E-state index is 6.28. The quantitative estimate of drug-likeness (QED) is 0.524. The fourth-order valence-corrected chi connectivity index (χ4v) is 0.144. The normalized spacial score (nSPS) is 11.7. The number of hydrogen-bond donors (Lipinski definition) is 2. The highest BCUT2D eigenvalue weighted by molar-refractivity contribution is 5.85. The number of halogens is 1.